The number of likely N-dealkylation sites (N-methyl/N-ethyl adjacent to an activating group) is 1. The van der Waals surface area contributed by atoms with Crippen molar-refractivity contribution in [2.75, 3.05) is 54.5 Å². The molecule has 50 heavy (non-hydrogen) atoms. The van der Waals surface area contributed by atoms with Gasteiger partial charge in [-0.25, -0.2) is 0 Å². The summed E-state index contributed by atoms with van der Waals surface area (Å²) in [6, 6.07) is -0.0296. The Morgan fingerprint density at radius 3 is 2.42 bits per heavy atom. The van der Waals surface area contributed by atoms with E-state index in [9.17, 15) is 19.8 Å². The Kier molecular flexibility index (Phi) is 11.9. The number of carbonyl (C=O) groups excluding carboxylic acids is 2. The van der Waals surface area contributed by atoms with Crippen LogP contribution in [0.15, 0.2) is 0 Å². The smallest absolute Gasteiger partial charge is 0.240 e. The van der Waals surface area contributed by atoms with Crippen molar-refractivity contribution in [2.45, 2.75) is 128 Å². The van der Waals surface area contributed by atoms with E-state index in [0.29, 0.717) is 47.6 Å². The molecule has 7 fully saturated rings. The number of nitrogens with one attached hydrogen (secondary N) is 2. The lowest BCUT2D eigenvalue weighted by Gasteiger charge is -2.62. The van der Waals surface area contributed by atoms with E-state index >= 15 is 0 Å². The molecule has 0 spiro atoms. The van der Waals surface area contributed by atoms with Gasteiger partial charge in [-0.05, 0) is 121 Å². The summed E-state index contributed by atoms with van der Waals surface area (Å²) in [4.78, 5) is 38.9. The number of hydrogen-bond donors (Lipinski definition) is 4. The molecule has 2 aliphatic heterocycles. The van der Waals surface area contributed by atoms with E-state index in [0.717, 1.165) is 64.5 Å². The lowest BCUT2D eigenvalue weighted by molar-refractivity contribution is -0.193. The largest absolute Gasteiger partial charge is 0.394 e. The summed E-state index contributed by atoms with van der Waals surface area (Å²) >= 11 is 0. The molecule has 11 nitrogen and oxygen atoms in total. The number of rotatable bonds is 11. The third-order valence-electron chi connectivity index (χ3n) is 14.9. The van der Waals surface area contributed by atoms with E-state index in [4.69, 9.17) is 9.57 Å². The first-order chi connectivity index (χ1) is 23.7. The average molecular weight is 704 g/mol. The number of carbonyl (C=O) groups is 2. The molecule has 4 N–H and O–H groups in total. The normalized spacial score (nSPS) is 44.1. The van der Waals surface area contributed by atoms with Gasteiger partial charge >= 0.3 is 0 Å². The van der Waals surface area contributed by atoms with E-state index in [-0.39, 0.29) is 48.4 Å². The molecule has 15 atom stereocenters. The molecule has 11 heteroatoms. The highest BCUT2D eigenvalue weighted by molar-refractivity contribution is 5.83. The van der Waals surface area contributed by atoms with Crippen LogP contribution in [0.5, 0.6) is 0 Å². The number of aliphatic hydroxyl groups excluding tert-OH is 2. The summed E-state index contributed by atoms with van der Waals surface area (Å²) in [5.74, 6) is 1.91. The number of hydroxylamine groups is 2. The second kappa shape index (κ2) is 15.6. The molecule has 5 aliphatic carbocycles. The predicted molar refractivity (Wildman–Crippen MR) is 193 cm³/mol. The summed E-state index contributed by atoms with van der Waals surface area (Å²) in [7, 11) is 8.20. The average Bonchev–Trinajstić information content (AvgIpc) is 3.67. The molecular weight excluding hydrogens is 634 g/mol. The van der Waals surface area contributed by atoms with Crippen molar-refractivity contribution >= 4 is 11.8 Å². The zero-order valence-electron chi connectivity index (χ0n) is 32.2. The predicted octanol–water partition coefficient (Wildman–Crippen LogP) is 2.75. The van der Waals surface area contributed by atoms with Gasteiger partial charge < -0.3 is 35.4 Å². The molecule has 2 bridgehead atoms. The second-order valence-electron chi connectivity index (χ2n) is 18.4. The van der Waals surface area contributed by atoms with Crippen LogP contribution in [0.25, 0.3) is 0 Å². The Morgan fingerprint density at radius 1 is 1.06 bits per heavy atom. The Bertz CT molecular complexity index is 1190. The highest BCUT2D eigenvalue weighted by Crippen LogP contribution is 2.61. The van der Waals surface area contributed by atoms with Crippen LogP contribution in [-0.2, 0) is 19.2 Å². The fraction of sp³-hybridized carbons (Fsp3) is 0.949. The minimum atomic E-state index is -0.820. The van der Waals surface area contributed by atoms with Crippen LogP contribution >= 0.6 is 0 Å². The van der Waals surface area contributed by atoms with Crippen LogP contribution in [0.1, 0.15) is 85.5 Å². The van der Waals surface area contributed by atoms with Crippen LogP contribution in [0.4, 0.5) is 0 Å². The molecule has 0 aromatic carbocycles. The molecular formula is C39H69N5O6. The van der Waals surface area contributed by atoms with Crippen molar-refractivity contribution in [3.05, 3.63) is 0 Å². The van der Waals surface area contributed by atoms with Crippen LogP contribution in [-0.4, -0.2) is 134 Å². The summed E-state index contributed by atoms with van der Waals surface area (Å²) in [5.41, 5.74) is 0.321. The van der Waals surface area contributed by atoms with Gasteiger partial charge in [-0.2, -0.15) is 5.06 Å². The number of nitrogens with zero attached hydrogens (tertiary/aromatic N) is 3. The van der Waals surface area contributed by atoms with Crippen LogP contribution in [0.3, 0.4) is 0 Å². The lowest BCUT2D eigenvalue weighted by Crippen LogP contribution is -2.62. The highest BCUT2D eigenvalue weighted by Gasteiger charge is 2.58. The maximum absolute atomic E-state index is 14.3. The highest BCUT2D eigenvalue weighted by atomic mass is 16.7. The Labute approximate surface area is 301 Å². The van der Waals surface area contributed by atoms with Gasteiger partial charge in [-0.3, -0.25) is 14.4 Å². The summed E-state index contributed by atoms with van der Waals surface area (Å²) in [6.45, 7) is 10.9. The SMILES string of the molecule is COC1C(CN2O[C@@H](CO)[C@H]([C@H](C)O)[C@H]2C(=O)N[C@H]2C[C@H]3C[C@@H]([C@@H]2C)C3(C)C)CCCC1C1CC(C(=O)N[C@@H]2CCN(C)C2)CC(N(C)C)C1. The first kappa shape index (κ1) is 38.4. The van der Waals surface area contributed by atoms with Crippen molar-refractivity contribution < 1.29 is 29.4 Å². The van der Waals surface area contributed by atoms with Gasteiger partial charge in [-0.15, -0.1) is 0 Å². The first-order valence-electron chi connectivity index (χ1n) is 19.9. The van der Waals surface area contributed by atoms with Gasteiger partial charge in [0.2, 0.25) is 11.8 Å². The fourth-order valence-corrected chi connectivity index (χ4v) is 11.8. The summed E-state index contributed by atoms with van der Waals surface area (Å²) in [5, 5.41) is 29.9. The maximum atomic E-state index is 14.3. The van der Waals surface area contributed by atoms with Crippen molar-refractivity contribution in [2.24, 2.45) is 52.8 Å². The third-order valence-corrected chi connectivity index (χ3v) is 14.9. The Hall–Kier alpha value is -1.34. The number of aliphatic hydroxyl groups is 2. The van der Waals surface area contributed by atoms with Crippen molar-refractivity contribution in [1.29, 1.82) is 0 Å². The fourth-order valence-electron chi connectivity index (χ4n) is 11.8. The number of methoxy groups -OCH3 is 1. The quantitative estimate of drug-likeness (QED) is 0.257. The molecule has 5 saturated carbocycles. The van der Waals surface area contributed by atoms with Gasteiger partial charge in [0.25, 0.3) is 0 Å². The van der Waals surface area contributed by atoms with Gasteiger partial charge in [0.1, 0.15) is 12.1 Å². The monoisotopic (exact) mass is 704 g/mol. The van der Waals surface area contributed by atoms with E-state index < -0.39 is 24.2 Å². The minimum absolute atomic E-state index is 0.0177. The van der Waals surface area contributed by atoms with Crippen molar-refractivity contribution in [1.82, 2.24) is 25.5 Å². The zero-order chi connectivity index (χ0) is 36.1. The van der Waals surface area contributed by atoms with Gasteiger partial charge in [-0.1, -0.05) is 27.2 Å². The minimum Gasteiger partial charge on any atom is -0.394 e. The van der Waals surface area contributed by atoms with Gasteiger partial charge in [0, 0.05) is 56.1 Å². The Balaban J connectivity index is 1.16. The van der Waals surface area contributed by atoms with E-state index in [1.165, 1.54) is 6.42 Å². The molecule has 2 amide bonds. The number of fused-ring (bicyclic) bond motifs is 2. The molecule has 0 radical (unpaired) electrons. The van der Waals surface area contributed by atoms with E-state index in [2.05, 4.69) is 62.3 Å². The maximum Gasteiger partial charge on any atom is 0.240 e. The second-order valence-corrected chi connectivity index (χ2v) is 18.4. The number of amides is 2. The standard InChI is InChI=1S/C39H69N5O6/c1-22-31-17-27(39(31,3)4)18-32(22)41-38(48)35-34(23(2)46)33(21-45)50-44(35)19-24-10-9-11-30(36(24)49-8)25-14-26(16-29(15-25)42(5)6)37(47)40-28-12-13-43(7)20-28/h22-36,45-46H,9-21H2,1-8H3,(H,40,47)(H,41,48)/t22-,23-,24?,25?,26?,27+,28+,29?,30?,31-,32-,33-,34-,35-,36?/m0/s1. The number of likely N-dealkylation sites (tertiary alicyclic amines) is 1. The number of ether oxygens (including phenoxy) is 1. The molecule has 2 saturated heterocycles. The van der Waals surface area contributed by atoms with E-state index in [1.807, 2.05) is 7.11 Å². The summed E-state index contributed by atoms with van der Waals surface area (Å²) in [6.07, 6.45) is 7.57. The zero-order valence-corrected chi connectivity index (χ0v) is 32.2. The molecule has 6 unspecified atom stereocenters. The third kappa shape index (κ3) is 7.53. The lowest BCUT2D eigenvalue weighted by atomic mass is 9.45. The molecule has 0 aromatic heterocycles. The topological polar surface area (TPSA) is 127 Å². The van der Waals surface area contributed by atoms with E-state index in [1.54, 1.807) is 12.0 Å². The summed E-state index contributed by atoms with van der Waals surface area (Å²) < 4.78 is 6.38. The van der Waals surface area contributed by atoms with Crippen LogP contribution in [0, 0.1) is 52.8 Å². The first-order valence-corrected chi connectivity index (χ1v) is 19.9. The molecule has 2 heterocycles. The molecule has 286 valence electrons. The molecule has 7 rings (SSSR count). The van der Waals surface area contributed by atoms with Crippen molar-refractivity contribution in [3.63, 3.8) is 0 Å². The van der Waals surface area contributed by atoms with Crippen LogP contribution in [0.2, 0.25) is 0 Å². The molecule has 7 aliphatic rings. The van der Waals surface area contributed by atoms with Gasteiger partial charge in [0.15, 0.2) is 0 Å². The Morgan fingerprint density at radius 2 is 1.82 bits per heavy atom. The molecule has 0 aromatic rings. The van der Waals surface area contributed by atoms with Crippen LogP contribution < -0.4 is 10.6 Å². The number of hydrogen-bond acceptors (Lipinski definition) is 9. The van der Waals surface area contributed by atoms with Crippen molar-refractivity contribution in [3.8, 4) is 0 Å². The van der Waals surface area contributed by atoms with Gasteiger partial charge in [0.05, 0.1) is 18.8 Å².